The summed E-state index contributed by atoms with van der Waals surface area (Å²) >= 11 is 6.17. The fourth-order valence-corrected chi connectivity index (χ4v) is 2.61. The minimum absolute atomic E-state index is 0.0159. The number of benzene rings is 1. The van der Waals surface area contributed by atoms with E-state index in [4.69, 9.17) is 21.1 Å². The van der Waals surface area contributed by atoms with E-state index in [0.29, 0.717) is 22.9 Å². The summed E-state index contributed by atoms with van der Waals surface area (Å²) in [6.45, 7) is 4.97. The molecule has 1 amide bonds. The van der Waals surface area contributed by atoms with Gasteiger partial charge in [-0.05, 0) is 50.5 Å². The predicted molar refractivity (Wildman–Crippen MR) is 92.8 cm³/mol. The summed E-state index contributed by atoms with van der Waals surface area (Å²) in [4.78, 5) is 12.1. The molecule has 1 fully saturated rings. The van der Waals surface area contributed by atoms with Crippen molar-refractivity contribution in [3.63, 3.8) is 0 Å². The molecule has 0 aliphatic carbocycles. The fourth-order valence-electron chi connectivity index (χ4n) is 2.38. The van der Waals surface area contributed by atoms with Gasteiger partial charge in [0.25, 0.3) is 5.91 Å². The van der Waals surface area contributed by atoms with Gasteiger partial charge < -0.3 is 14.8 Å². The van der Waals surface area contributed by atoms with Crippen LogP contribution in [0.15, 0.2) is 23.8 Å². The van der Waals surface area contributed by atoms with E-state index in [2.05, 4.69) is 5.32 Å². The number of amides is 1. The minimum Gasteiger partial charge on any atom is -0.489 e. The molecule has 1 aliphatic rings. The van der Waals surface area contributed by atoms with Gasteiger partial charge in [0.15, 0.2) is 0 Å². The van der Waals surface area contributed by atoms with Gasteiger partial charge in [0.1, 0.15) is 17.4 Å². The van der Waals surface area contributed by atoms with Crippen LogP contribution >= 0.6 is 11.6 Å². The highest BCUT2D eigenvalue weighted by molar-refractivity contribution is 6.32. The number of halogens is 1. The van der Waals surface area contributed by atoms with Gasteiger partial charge in [-0.1, -0.05) is 17.7 Å². The molecule has 6 heteroatoms. The molecule has 0 aromatic heterocycles. The van der Waals surface area contributed by atoms with E-state index >= 15 is 0 Å². The summed E-state index contributed by atoms with van der Waals surface area (Å²) in [5.41, 5.74) is 0.696. The lowest BCUT2D eigenvalue weighted by Crippen LogP contribution is -2.32. The first kappa shape index (κ1) is 18.3. The lowest BCUT2D eigenvalue weighted by Gasteiger charge is -2.12. The van der Waals surface area contributed by atoms with Crippen molar-refractivity contribution in [3.8, 4) is 11.8 Å². The first-order valence-corrected chi connectivity index (χ1v) is 8.35. The summed E-state index contributed by atoms with van der Waals surface area (Å²) < 4.78 is 11.0. The molecule has 0 bridgehead atoms. The third kappa shape index (κ3) is 5.26. The van der Waals surface area contributed by atoms with Crippen LogP contribution in [0.4, 0.5) is 0 Å². The monoisotopic (exact) mass is 348 g/mol. The van der Waals surface area contributed by atoms with Crippen molar-refractivity contribution in [2.45, 2.75) is 38.9 Å². The van der Waals surface area contributed by atoms with E-state index in [1.807, 2.05) is 19.9 Å². The Morgan fingerprint density at radius 3 is 2.96 bits per heavy atom. The van der Waals surface area contributed by atoms with Gasteiger partial charge in [-0.2, -0.15) is 5.26 Å². The Balaban J connectivity index is 2.04. The molecule has 1 aliphatic heterocycles. The highest BCUT2D eigenvalue weighted by Gasteiger charge is 2.17. The van der Waals surface area contributed by atoms with Crippen LogP contribution in [0.1, 0.15) is 32.3 Å². The zero-order chi connectivity index (χ0) is 17.5. The smallest absolute Gasteiger partial charge is 0.262 e. The number of carbonyl (C=O) groups is 1. The molecule has 0 saturated carbocycles. The van der Waals surface area contributed by atoms with E-state index in [1.54, 1.807) is 18.2 Å². The maximum atomic E-state index is 12.1. The maximum absolute atomic E-state index is 12.1. The number of rotatable bonds is 6. The van der Waals surface area contributed by atoms with Crippen LogP contribution in [-0.2, 0) is 9.53 Å². The number of nitrogens with zero attached hydrogens (tertiary/aromatic N) is 1. The average molecular weight is 349 g/mol. The minimum atomic E-state index is -0.411. The molecular formula is C18H21ClN2O3. The molecule has 1 heterocycles. The van der Waals surface area contributed by atoms with E-state index in [1.165, 1.54) is 6.08 Å². The second-order valence-corrected chi connectivity index (χ2v) is 6.28. The van der Waals surface area contributed by atoms with Crippen LogP contribution in [0.2, 0.25) is 5.02 Å². The Hall–Kier alpha value is -2.03. The topological polar surface area (TPSA) is 71.3 Å². The van der Waals surface area contributed by atoms with Crippen molar-refractivity contribution in [1.29, 1.82) is 5.26 Å². The number of ether oxygens (including phenoxy) is 2. The number of nitrogens with one attached hydrogen (secondary N) is 1. The lowest BCUT2D eigenvalue weighted by atomic mass is 10.1. The zero-order valence-electron chi connectivity index (χ0n) is 13.8. The highest BCUT2D eigenvalue weighted by Crippen LogP contribution is 2.27. The van der Waals surface area contributed by atoms with Gasteiger partial charge in [0.2, 0.25) is 0 Å². The largest absolute Gasteiger partial charge is 0.489 e. The molecule has 1 saturated heterocycles. The molecule has 128 valence electrons. The van der Waals surface area contributed by atoms with Crippen molar-refractivity contribution < 1.29 is 14.3 Å². The summed E-state index contributed by atoms with van der Waals surface area (Å²) in [7, 11) is 0. The van der Waals surface area contributed by atoms with Crippen LogP contribution in [0.3, 0.4) is 0 Å². The summed E-state index contributed by atoms with van der Waals surface area (Å²) in [6, 6.07) is 7.08. The van der Waals surface area contributed by atoms with Gasteiger partial charge in [-0.3, -0.25) is 4.79 Å². The first-order valence-electron chi connectivity index (χ1n) is 7.97. The normalized spacial score (nSPS) is 17.6. The highest BCUT2D eigenvalue weighted by atomic mass is 35.5. The molecule has 24 heavy (non-hydrogen) atoms. The predicted octanol–water partition coefficient (Wildman–Crippen LogP) is 3.33. The molecule has 1 atom stereocenters. The summed E-state index contributed by atoms with van der Waals surface area (Å²) in [5, 5.41) is 12.4. The molecule has 0 spiro atoms. The Bertz CT molecular complexity index is 659. The van der Waals surface area contributed by atoms with E-state index in [-0.39, 0.29) is 17.8 Å². The van der Waals surface area contributed by atoms with Crippen LogP contribution in [0.5, 0.6) is 5.75 Å². The van der Waals surface area contributed by atoms with Crippen molar-refractivity contribution >= 4 is 23.6 Å². The van der Waals surface area contributed by atoms with Crippen LogP contribution in [-0.4, -0.2) is 31.3 Å². The van der Waals surface area contributed by atoms with Gasteiger partial charge in [-0.15, -0.1) is 0 Å². The van der Waals surface area contributed by atoms with Crippen molar-refractivity contribution in [1.82, 2.24) is 5.32 Å². The summed E-state index contributed by atoms with van der Waals surface area (Å²) in [5.74, 6) is 0.164. The maximum Gasteiger partial charge on any atom is 0.262 e. The SMILES string of the molecule is CC(C)Oc1ccc(/C=C(\C#N)C(=O)NC[C@H]2CCCO2)cc1Cl. The van der Waals surface area contributed by atoms with E-state index in [0.717, 1.165) is 19.4 Å². The molecule has 0 unspecified atom stereocenters. The van der Waals surface area contributed by atoms with Crippen LogP contribution < -0.4 is 10.1 Å². The van der Waals surface area contributed by atoms with Gasteiger partial charge in [0.05, 0.1) is 17.2 Å². The number of hydrogen-bond donors (Lipinski definition) is 1. The standard InChI is InChI=1S/C18H21ClN2O3/c1-12(2)24-17-6-5-13(9-16(17)19)8-14(10-20)18(22)21-11-15-4-3-7-23-15/h5-6,8-9,12,15H,3-4,7,11H2,1-2H3,(H,21,22)/b14-8+/t15-/m1/s1. The molecule has 0 radical (unpaired) electrons. The van der Waals surface area contributed by atoms with Gasteiger partial charge >= 0.3 is 0 Å². The summed E-state index contributed by atoms with van der Waals surface area (Å²) in [6.07, 6.45) is 3.50. The molecule has 1 aromatic rings. The quantitative estimate of drug-likeness (QED) is 0.632. The van der Waals surface area contributed by atoms with E-state index in [9.17, 15) is 10.1 Å². The molecule has 2 rings (SSSR count). The fraction of sp³-hybridized carbons (Fsp3) is 0.444. The Kier molecular flexibility index (Phi) is 6.65. The van der Waals surface area contributed by atoms with Crippen molar-refractivity contribution in [3.05, 3.63) is 34.4 Å². The molecule has 1 N–H and O–H groups in total. The second-order valence-electron chi connectivity index (χ2n) is 5.87. The van der Waals surface area contributed by atoms with Crippen molar-refractivity contribution in [2.24, 2.45) is 0 Å². The molecular weight excluding hydrogens is 328 g/mol. The average Bonchev–Trinajstić information content (AvgIpc) is 3.06. The lowest BCUT2D eigenvalue weighted by molar-refractivity contribution is -0.117. The first-order chi connectivity index (χ1) is 11.5. The van der Waals surface area contributed by atoms with Gasteiger partial charge in [0, 0.05) is 13.2 Å². The van der Waals surface area contributed by atoms with Crippen LogP contribution in [0, 0.1) is 11.3 Å². The van der Waals surface area contributed by atoms with E-state index < -0.39 is 5.91 Å². The molecule has 5 nitrogen and oxygen atoms in total. The Morgan fingerprint density at radius 1 is 1.58 bits per heavy atom. The second kappa shape index (κ2) is 8.72. The number of carbonyl (C=O) groups excluding carboxylic acids is 1. The van der Waals surface area contributed by atoms with Crippen LogP contribution in [0.25, 0.3) is 6.08 Å². The Labute approximate surface area is 147 Å². The third-order valence-electron chi connectivity index (χ3n) is 3.51. The van der Waals surface area contributed by atoms with Gasteiger partial charge in [-0.25, -0.2) is 0 Å². The van der Waals surface area contributed by atoms with Crippen molar-refractivity contribution in [2.75, 3.05) is 13.2 Å². The Morgan fingerprint density at radius 2 is 2.38 bits per heavy atom. The zero-order valence-corrected chi connectivity index (χ0v) is 14.6. The molecule has 1 aromatic carbocycles. The number of nitriles is 1. The number of hydrogen-bond acceptors (Lipinski definition) is 4. The third-order valence-corrected chi connectivity index (χ3v) is 3.80.